The summed E-state index contributed by atoms with van der Waals surface area (Å²) in [6, 6.07) is 0. The number of hydrogen-bond donors (Lipinski definition) is 0. The summed E-state index contributed by atoms with van der Waals surface area (Å²) >= 11 is 0. The smallest absolute Gasteiger partial charge is 0.0506 e. The average Bonchev–Trinajstić information content (AvgIpc) is 2.39. The van der Waals surface area contributed by atoms with Crippen molar-refractivity contribution in [1.29, 1.82) is 0 Å². The fourth-order valence-corrected chi connectivity index (χ4v) is 5.04. The van der Waals surface area contributed by atoms with Crippen molar-refractivity contribution in [2.24, 2.45) is 10.8 Å². The molecule has 0 radical (unpaired) electrons. The molecule has 0 aromatic heterocycles. The largest absolute Gasteiger partial charge is 0.306 e. The van der Waals surface area contributed by atoms with E-state index in [4.69, 9.17) is 0 Å². The SMILES string of the molecule is CN1CCC2(CC1)CN(CN1CCC3(CCC3)CC1)C2. The first kappa shape index (κ1) is 13.5. The molecular formula is C17H31N3. The van der Waals surface area contributed by atoms with Crippen molar-refractivity contribution < 1.29 is 0 Å². The summed E-state index contributed by atoms with van der Waals surface area (Å²) in [5.74, 6) is 0. The lowest BCUT2D eigenvalue weighted by molar-refractivity contribution is -0.0801. The lowest BCUT2D eigenvalue weighted by Gasteiger charge is -2.56. The molecule has 4 fully saturated rings. The van der Waals surface area contributed by atoms with Gasteiger partial charge < -0.3 is 4.90 Å². The van der Waals surface area contributed by atoms with Crippen LogP contribution in [-0.4, -0.2) is 67.7 Å². The van der Waals surface area contributed by atoms with E-state index >= 15 is 0 Å². The zero-order chi connectivity index (χ0) is 13.6. The minimum Gasteiger partial charge on any atom is -0.306 e. The first-order valence-corrected chi connectivity index (χ1v) is 8.81. The van der Waals surface area contributed by atoms with Crippen molar-refractivity contribution in [2.75, 3.05) is 53.0 Å². The second-order valence-corrected chi connectivity index (χ2v) is 8.40. The topological polar surface area (TPSA) is 9.72 Å². The summed E-state index contributed by atoms with van der Waals surface area (Å²) in [6.45, 7) is 9.39. The molecular weight excluding hydrogens is 246 g/mol. The van der Waals surface area contributed by atoms with Crippen molar-refractivity contribution in [3.05, 3.63) is 0 Å². The van der Waals surface area contributed by atoms with Gasteiger partial charge in [-0.05, 0) is 82.6 Å². The van der Waals surface area contributed by atoms with Crippen LogP contribution in [-0.2, 0) is 0 Å². The zero-order valence-electron chi connectivity index (χ0n) is 13.2. The van der Waals surface area contributed by atoms with Gasteiger partial charge in [-0.15, -0.1) is 0 Å². The molecule has 0 unspecified atom stereocenters. The molecule has 4 rings (SSSR count). The van der Waals surface area contributed by atoms with Crippen molar-refractivity contribution in [1.82, 2.24) is 14.7 Å². The van der Waals surface area contributed by atoms with E-state index in [-0.39, 0.29) is 0 Å². The van der Waals surface area contributed by atoms with Crippen LogP contribution in [0.25, 0.3) is 0 Å². The molecule has 20 heavy (non-hydrogen) atoms. The fraction of sp³-hybridized carbons (Fsp3) is 1.00. The third kappa shape index (κ3) is 2.42. The number of nitrogens with zero attached hydrogens (tertiary/aromatic N) is 3. The molecule has 1 aliphatic carbocycles. The van der Waals surface area contributed by atoms with Crippen molar-refractivity contribution in [3.63, 3.8) is 0 Å². The second kappa shape index (κ2) is 4.96. The predicted octanol–water partition coefficient (Wildman–Crippen LogP) is 2.24. The fourth-order valence-electron chi connectivity index (χ4n) is 5.04. The monoisotopic (exact) mass is 277 g/mol. The van der Waals surface area contributed by atoms with Gasteiger partial charge in [-0.2, -0.15) is 0 Å². The number of likely N-dealkylation sites (tertiary alicyclic amines) is 3. The molecule has 2 spiro atoms. The van der Waals surface area contributed by atoms with E-state index in [0.29, 0.717) is 5.41 Å². The van der Waals surface area contributed by atoms with Gasteiger partial charge in [-0.3, -0.25) is 9.80 Å². The summed E-state index contributed by atoms with van der Waals surface area (Å²) in [4.78, 5) is 7.94. The quantitative estimate of drug-likeness (QED) is 0.766. The minimum absolute atomic E-state index is 0.706. The summed E-state index contributed by atoms with van der Waals surface area (Å²) in [6.07, 6.45) is 10.4. The van der Waals surface area contributed by atoms with Crippen molar-refractivity contribution in [3.8, 4) is 0 Å². The van der Waals surface area contributed by atoms with Gasteiger partial charge in [0.05, 0.1) is 6.67 Å². The number of rotatable bonds is 2. The maximum Gasteiger partial charge on any atom is 0.0506 e. The maximum atomic E-state index is 2.73. The molecule has 4 aliphatic rings. The average molecular weight is 277 g/mol. The number of piperidine rings is 2. The van der Waals surface area contributed by atoms with Crippen LogP contribution >= 0.6 is 0 Å². The Morgan fingerprint density at radius 2 is 1.30 bits per heavy atom. The third-order valence-electron chi connectivity index (χ3n) is 6.90. The Hall–Kier alpha value is -0.120. The Labute approximate surface area is 124 Å². The van der Waals surface area contributed by atoms with E-state index in [9.17, 15) is 0 Å². The molecule has 3 aliphatic heterocycles. The molecule has 0 aromatic rings. The van der Waals surface area contributed by atoms with Crippen LogP contribution < -0.4 is 0 Å². The highest BCUT2D eigenvalue weighted by Crippen LogP contribution is 2.49. The van der Waals surface area contributed by atoms with E-state index in [0.717, 1.165) is 5.41 Å². The Morgan fingerprint density at radius 3 is 1.85 bits per heavy atom. The van der Waals surface area contributed by atoms with Crippen molar-refractivity contribution in [2.45, 2.75) is 44.9 Å². The van der Waals surface area contributed by atoms with E-state index in [2.05, 4.69) is 21.7 Å². The van der Waals surface area contributed by atoms with Gasteiger partial charge in [-0.1, -0.05) is 6.42 Å². The normalized spacial score (nSPS) is 34.0. The van der Waals surface area contributed by atoms with Crippen LogP contribution in [0.1, 0.15) is 44.9 Å². The summed E-state index contributed by atoms with van der Waals surface area (Å²) < 4.78 is 0. The molecule has 114 valence electrons. The van der Waals surface area contributed by atoms with Gasteiger partial charge in [0, 0.05) is 13.1 Å². The molecule has 3 heterocycles. The van der Waals surface area contributed by atoms with Crippen LogP contribution in [0, 0.1) is 10.8 Å². The highest BCUT2D eigenvalue weighted by atomic mass is 15.3. The molecule has 1 saturated carbocycles. The van der Waals surface area contributed by atoms with E-state index in [1.54, 1.807) is 0 Å². The maximum absolute atomic E-state index is 2.73. The van der Waals surface area contributed by atoms with E-state index in [1.807, 2.05) is 0 Å². The molecule has 3 nitrogen and oxygen atoms in total. The van der Waals surface area contributed by atoms with Crippen LogP contribution in [0.4, 0.5) is 0 Å². The lowest BCUT2D eigenvalue weighted by atomic mass is 9.63. The highest BCUT2D eigenvalue weighted by molar-refractivity contribution is 4.98. The van der Waals surface area contributed by atoms with Gasteiger partial charge in [0.25, 0.3) is 0 Å². The summed E-state index contributed by atoms with van der Waals surface area (Å²) in [7, 11) is 2.27. The first-order chi connectivity index (χ1) is 9.67. The zero-order valence-corrected chi connectivity index (χ0v) is 13.2. The van der Waals surface area contributed by atoms with Gasteiger partial charge >= 0.3 is 0 Å². The summed E-state index contributed by atoms with van der Waals surface area (Å²) in [5.41, 5.74) is 1.51. The van der Waals surface area contributed by atoms with E-state index < -0.39 is 0 Å². The molecule has 3 saturated heterocycles. The van der Waals surface area contributed by atoms with Crippen LogP contribution in [0.5, 0.6) is 0 Å². The Balaban J connectivity index is 1.20. The van der Waals surface area contributed by atoms with Crippen molar-refractivity contribution >= 4 is 0 Å². The molecule has 0 atom stereocenters. The molecule has 3 heteroatoms. The van der Waals surface area contributed by atoms with Gasteiger partial charge in [0.1, 0.15) is 0 Å². The van der Waals surface area contributed by atoms with E-state index in [1.165, 1.54) is 90.9 Å². The van der Waals surface area contributed by atoms with Gasteiger partial charge in [0.15, 0.2) is 0 Å². The Morgan fingerprint density at radius 1 is 0.700 bits per heavy atom. The predicted molar refractivity (Wildman–Crippen MR) is 82.7 cm³/mol. The first-order valence-electron chi connectivity index (χ1n) is 8.81. The molecule has 0 bridgehead atoms. The summed E-state index contributed by atoms with van der Waals surface area (Å²) in [5, 5.41) is 0. The van der Waals surface area contributed by atoms with Gasteiger partial charge in [0.2, 0.25) is 0 Å². The van der Waals surface area contributed by atoms with Gasteiger partial charge in [-0.25, -0.2) is 0 Å². The Kier molecular flexibility index (Phi) is 3.36. The molecule has 0 amide bonds. The minimum atomic E-state index is 0.706. The lowest BCUT2D eigenvalue weighted by Crippen LogP contribution is -2.62. The highest BCUT2D eigenvalue weighted by Gasteiger charge is 2.45. The molecule has 0 aromatic carbocycles. The second-order valence-electron chi connectivity index (χ2n) is 8.40. The standard InChI is InChI=1S/C17H31N3/c1-18-9-5-17(6-10-18)13-20(14-17)15-19-11-7-16(8-12-19)3-2-4-16/h2-15H2,1H3. The van der Waals surface area contributed by atoms with Crippen LogP contribution in [0.3, 0.4) is 0 Å². The third-order valence-corrected chi connectivity index (χ3v) is 6.90. The molecule has 0 N–H and O–H groups in total. The Bertz CT molecular complexity index is 337. The number of hydrogen-bond acceptors (Lipinski definition) is 3. The van der Waals surface area contributed by atoms with Crippen LogP contribution in [0.2, 0.25) is 0 Å². The van der Waals surface area contributed by atoms with Crippen LogP contribution in [0.15, 0.2) is 0 Å².